The smallest absolute Gasteiger partial charge is 0.247 e. The van der Waals surface area contributed by atoms with Gasteiger partial charge < -0.3 is 30.3 Å². The quantitative estimate of drug-likeness (QED) is 0.140. The Balaban J connectivity index is 1.24. The Morgan fingerprint density at radius 3 is 2.50 bits per heavy atom. The summed E-state index contributed by atoms with van der Waals surface area (Å²) in [7, 11) is 1.54. The van der Waals surface area contributed by atoms with Crippen molar-refractivity contribution in [3.8, 4) is 0 Å². The van der Waals surface area contributed by atoms with Crippen molar-refractivity contribution < 1.29 is 9.36 Å². The molecule has 46 heavy (non-hydrogen) atoms. The molecular formula is C33H39ClN9O2P. The van der Waals surface area contributed by atoms with Crippen LogP contribution < -0.4 is 26.2 Å². The Kier molecular flexibility index (Phi) is 8.76. The lowest BCUT2D eigenvalue weighted by Crippen LogP contribution is -2.53. The average Bonchev–Trinajstić information content (AvgIpc) is 3.01. The molecule has 2 aromatic carbocycles. The Hall–Kier alpha value is -4.05. The molecule has 1 aliphatic carbocycles. The molecule has 6 rings (SSSR count). The number of nitrogens with one attached hydrogen (secondary N) is 3. The van der Waals surface area contributed by atoms with Gasteiger partial charge in [-0.1, -0.05) is 18.2 Å². The molecule has 11 nitrogen and oxygen atoms in total. The number of hydrogen-bond acceptors (Lipinski definition) is 10. The predicted molar refractivity (Wildman–Crippen MR) is 188 cm³/mol. The fourth-order valence-corrected chi connectivity index (χ4v) is 8.08. The molecule has 240 valence electrons. The van der Waals surface area contributed by atoms with Crippen LogP contribution in [0.15, 0.2) is 61.6 Å². The molecule has 2 aromatic heterocycles. The number of halogens is 1. The van der Waals surface area contributed by atoms with Gasteiger partial charge in [-0.2, -0.15) is 4.98 Å². The second-order valence-corrected chi connectivity index (χ2v) is 16.4. The first-order chi connectivity index (χ1) is 21.9. The number of aromatic nitrogens is 4. The van der Waals surface area contributed by atoms with Gasteiger partial charge in [-0.05, 0) is 94.9 Å². The summed E-state index contributed by atoms with van der Waals surface area (Å²) in [6.07, 6.45) is 10.7. The van der Waals surface area contributed by atoms with Crippen LogP contribution >= 0.6 is 18.7 Å². The molecule has 0 atom stereocenters. The van der Waals surface area contributed by atoms with Crippen molar-refractivity contribution in [3.05, 3.63) is 66.6 Å². The van der Waals surface area contributed by atoms with E-state index in [-0.39, 0.29) is 5.91 Å². The van der Waals surface area contributed by atoms with Crippen molar-refractivity contribution in [3.63, 3.8) is 0 Å². The van der Waals surface area contributed by atoms with Crippen molar-refractivity contribution in [1.82, 2.24) is 24.8 Å². The lowest BCUT2D eigenvalue weighted by molar-refractivity contribution is -0.111. The van der Waals surface area contributed by atoms with Crippen LogP contribution in [-0.2, 0) is 9.36 Å². The van der Waals surface area contributed by atoms with Crippen molar-refractivity contribution >= 4 is 75.5 Å². The third-order valence-electron chi connectivity index (χ3n) is 9.08. The molecule has 0 radical (unpaired) electrons. The van der Waals surface area contributed by atoms with E-state index < -0.39 is 7.14 Å². The highest BCUT2D eigenvalue weighted by Gasteiger charge is 2.46. The molecule has 1 saturated carbocycles. The van der Waals surface area contributed by atoms with Gasteiger partial charge in [0.1, 0.15) is 17.7 Å². The van der Waals surface area contributed by atoms with Gasteiger partial charge in [0.2, 0.25) is 11.9 Å². The number of carbonyl (C=O) groups excluding carboxylic acids is 1. The van der Waals surface area contributed by atoms with Crippen LogP contribution in [0.3, 0.4) is 0 Å². The maximum absolute atomic E-state index is 13.4. The van der Waals surface area contributed by atoms with Crippen LogP contribution in [0, 0.1) is 5.41 Å². The van der Waals surface area contributed by atoms with Crippen molar-refractivity contribution in [1.29, 1.82) is 0 Å². The Labute approximate surface area is 274 Å². The Morgan fingerprint density at radius 1 is 1.07 bits per heavy atom. The zero-order chi connectivity index (χ0) is 32.6. The van der Waals surface area contributed by atoms with E-state index in [9.17, 15) is 9.36 Å². The monoisotopic (exact) mass is 659 g/mol. The van der Waals surface area contributed by atoms with E-state index in [0.29, 0.717) is 61.6 Å². The molecule has 0 unspecified atom stereocenters. The predicted octanol–water partition coefficient (Wildman–Crippen LogP) is 6.24. The van der Waals surface area contributed by atoms with E-state index in [2.05, 4.69) is 66.4 Å². The largest absolute Gasteiger partial charge is 0.370 e. The second kappa shape index (κ2) is 12.6. The zero-order valence-corrected chi connectivity index (χ0v) is 28.2. The maximum Gasteiger partial charge on any atom is 0.247 e. The second-order valence-electron chi connectivity index (χ2n) is 12.8. The zero-order valence-electron chi connectivity index (χ0n) is 26.5. The number of carbonyl (C=O) groups is 1. The fourth-order valence-electron chi connectivity index (χ4n) is 6.55. The van der Waals surface area contributed by atoms with E-state index in [1.54, 1.807) is 31.8 Å². The number of rotatable bonds is 9. The van der Waals surface area contributed by atoms with Crippen molar-refractivity contribution in [2.45, 2.75) is 31.7 Å². The van der Waals surface area contributed by atoms with Crippen LogP contribution in [0.4, 0.5) is 34.5 Å². The summed E-state index contributed by atoms with van der Waals surface area (Å²) in [6, 6.07) is 10.1. The number of amides is 1. The highest BCUT2D eigenvalue weighted by molar-refractivity contribution is 7.71. The molecule has 1 aliphatic heterocycles. The lowest BCUT2D eigenvalue weighted by atomic mass is 9.60. The highest BCUT2D eigenvalue weighted by atomic mass is 35.5. The summed E-state index contributed by atoms with van der Waals surface area (Å²) < 4.78 is 13.4. The fraction of sp³-hybridized carbons (Fsp3) is 0.364. The lowest BCUT2D eigenvalue weighted by Gasteiger charge is -2.54. The molecule has 3 N–H and O–H groups in total. The Morgan fingerprint density at radius 2 is 1.80 bits per heavy atom. The molecule has 1 saturated heterocycles. The van der Waals surface area contributed by atoms with Gasteiger partial charge in [0.25, 0.3) is 0 Å². The van der Waals surface area contributed by atoms with Crippen LogP contribution in [0.5, 0.6) is 0 Å². The normalized spacial score (nSPS) is 16.3. The third kappa shape index (κ3) is 6.58. The van der Waals surface area contributed by atoms with E-state index >= 15 is 0 Å². The molecule has 2 aliphatic rings. The number of hydrogen-bond donors (Lipinski definition) is 3. The van der Waals surface area contributed by atoms with Gasteiger partial charge in [0, 0.05) is 37.2 Å². The van der Waals surface area contributed by atoms with Gasteiger partial charge in [0.05, 0.1) is 34.1 Å². The minimum absolute atomic E-state index is 0.283. The molecule has 0 bridgehead atoms. The van der Waals surface area contributed by atoms with Gasteiger partial charge in [0.15, 0.2) is 5.82 Å². The van der Waals surface area contributed by atoms with Crippen LogP contribution in [0.25, 0.3) is 11.0 Å². The summed E-state index contributed by atoms with van der Waals surface area (Å²) in [5, 5.41) is 10.3. The first-order valence-corrected chi connectivity index (χ1v) is 18.3. The number of fused-ring (bicyclic) bond motifs is 1. The number of nitrogens with zero attached hydrogens (tertiary/aromatic N) is 6. The molecular weight excluding hydrogens is 621 g/mol. The molecule has 1 spiro atoms. The van der Waals surface area contributed by atoms with Gasteiger partial charge in [-0.25, -0.2) is 4.98 Å². The minimum atomic E-state index is -2.78. The van der Waals surface area contributed by atoms with Gasteiger partial charge in [-0.15, -0.1) is 0 Å². The van der Waals surface area contributed by atoms with E-state index in [0.717, 1.165) is 31.6 Å². The number of benzene rings is 2. The van der Waals surface area contributed by atoms with Crippen LogP contribution in [0.1, 0.15) is 25.7 Å². The summed E-state index contributed by atoms with van der Waals surface area (Å²) in [6.45, 7) is 8.88. The van der Waals surface area contributed by atoms with E-state index in [4.69, 9.17) is 11.6 Å². The molecule has 1 amide bonds. The first-order valence-electron chi connectivity index (χ1n) is 15.3. The average molecular weight is 660 g/mol. The third-order valence-corrected chi connectivity index (χ3v) is 10.9. The summed E-state index contributed by atoms with van der Waals surface area (Å²) in [5.74, 6) is 0.344. The molecule has 2 fully saturated rings. The SMILES string of the molecule is C=CC(=O)Nc1cc(Nc2ncc(Cl)c(Nc3ccc4nccnc4c3P(C)(C)=O)n2)ccc1N1CCC2(CC1)CC(N(C)C)C2. The highest BCUT2D eigenvalue weighted by Crippen LogP contribution is 2.51. The maximum atomic E-state index is 13.4. The van der Waals surface area contributed by atoms with Crippen LogP contribution in [0.2, 0.25) is 5.02 Å². The number of piperidine rings is 1. The summed E-state index contributed by atoms with van der Waals surface area (Å²) >= 11 is 6.52. The van der Waals surface area contributed by atoms with Crippen LogP contribution in [-0.4, -0.2) is 77.3 Å². The van der Waals surface area contributed by atoms with Crippen molar-refractivity contribution in [2.24, 2.45) is 5.41 Å². The Bertz CT molecular complexity index is 1840. The standard InChI is InChI=1S/C33H39ClN9O2P/c1-6-28(44)39-26-17-21(7-10-27(26)43-15-11-33(12-16-43)18-22(19-33)42(2)3)38-32-37-20-23(34)31(41-32)40-25-9-8-24-29(36-14-13-35-24)30(25)46(4,5)45/h6-10,13-14,17,20,22H,1,11-12,15-16,18-19H2,2-5H3,(H,39,44)(H2,37,38,40,41). The minimum Gasteiger partial charge on any atom is -0.370 e. The first kappa shape index (κ1) is 31.9. The summed E-state index contributed by atoms with van der Waals surface area (Å²) in [5.41, 5.74) is 4.56. The molecule has 3 heterocycles. The van der Waals surface area contributed by atoms with E-state index in [1.165, 1.54) is 25.1 Å². The van der Waals surface area contributed by atoms with Gasteiger partial charge >= 0.3 is 0 Å². The topological polar surface area (TPSA) is 128 Å². The van der Waals surface area contributed by atoms with Crippen molar-refractivity contribution in [2.75, 3.05) is 61.4 Å². The van der Waals surface area contributed by atoms with Gasteiger partial charge in [-0.3, -0.25) is 14.8 Å². The summed E-state index contributed by atoms with van der Waals surface area (Å²) in [4.78, 5) is 34.9. The number of anilines is 6. The molecule has 13 heteroatoms. The molecule has 4 aromatic rings. The van der Waals surface area contributed by atoms with E-state index in [1.807, 2.05) is 24.3 Å².